The lowest BCUT2D eigenvalue weighted by Gasteiger charge is -2.31. The summed E-state index contributed by atoms with van der Waals surface area (Å²) >= 11 is 0. The normalized spacial score (nSPS) is 12.5. The molecule has 0 radical (unpaired) electrons. The van der Waals surface area contributed by atoms with Crippen molar-refractivity contribution in [1.82, 2.24) is 34.8 Å². The zero-order chi connectivity index (χ0) is 23.5. The fraction of sp³-hybridized carbons (Fsp3) is 0.400. The molecule has 3 aromatic heterocycles. The van der Waals surface area contributed by atoms with Gasteiger partial charge in [-0.05, 0) is 25.5 Å². The monoisotopic (exact) mass is 448 g/mol. The predicted octanol–water partition coefficient (Wildman–Crippen LogP) is 2.77. The molecule has 0 saturated carbocycles. The molecule has 1 atom stereocenters. The summed E-state index contributed by atoms with van der Waals surface area (Å²) in [6.45, 7) is 4.00. The van der Waals surface area contributed by atoms with Gasteiger partial charge in [-0.1, -0.05) is 6.92 Å². The van der Waals surface area contributed by atoms with Crippen molar-refractivity contribution in [3.63, 3.8) is 0 Å². The number of hydrogen-bond acceptors (Lipinski definition) is 7. The molecule has 3 heterocycles. The van der Waals surface area contributed by atoms with Gasteiger partial charge in [-0.2, -0.15) is 23.4 Å². The number of aryl methyl sites for hydroxylation is 1. The molecule has 0 saturated heterocycles. The van der Waals surface area contributed by atoms with Crippen molar-refractivity contribution in [2.24, 2.45) is 0 Å². The average Bonchev–Trinajstić information content (AvgIpc) is 3.30. The Morgan fingerprint density at radius 1 is 1.12 bits per heavy atom. The van der Waals surface area contributed by atoms with Crippen LogP contribution in [0.5, 0.6) is 0 Å². The van der Waals surface area contributed by atoms with Crippen LogP contribution in [-0.2, 0) is 6.18 Å². The number of amides is 1. The van der Waals surface area contributed by atoms with Gasteiger partial charge in [0.15, 0.2) is 5.69 Å². The molecule has 0 bridgehead atoms. The Hall–Kier alpha value is -3.57. The maximum absolute atomic E-state index is 13.3. The van der Waals surface area contributed by atoms with Gasteiger partial charge in [0.1, 0.15) is 5.69 Å². The number of carbonyl (C=O) groups excluding carboxylic acids is 1. The third kappa shape index (κ3) is 5.01. The van der Waals surface area contributed by atoms with Gasteiger partial charge in [-0.3, -0.25) is 4.79 Å². The molecule has 12 heteroatoms. The smallest absolute Gasteiger partial charge is 0.342 e. The van der Waals surface area contributed by atoms with Gasteiger partial charge in [0, 0.05) is 44.8 Å². The van der Waals surface area contributed by atoms with E-state index in [2.05, 4.69) is 25.1 Å². The van der Waals surface area contributed by atoms with Crippen LogP contribution >= 0.6 is 0 Å². The Labute approximate surface area is 182 Å². The van der Waals surface area contributed by atoms with Gasteiger partial charge in [0.2, 0.25) is 5.95 Å². The molecule has 3 aromatic rings. The van der Waals surface area contributed by atoms with E-state index < -0.39 is 11.7 Å². The summed E-state index contributed by atoms with van der Waals surface area (Å²) in [6, 6.07) is 3.22. The second kappa shape index (κ2) is 9.28. The van der Waals surface area contributed by atoms with Crippen LogP contribution in [0.3, 0.4) is 0 Å². The molecule has 32 heavy (non-hydrogen) atoms. The topological polar surface area (TPSA) is 92.9 Å². The van der Waals surface area contributed by atoms with Crippen molar-refractivity contribution >= 4 is 11.9 Å². The lowest BCUT2D eigenvalue weighted by molar-refractivity contribution is -0.138. The van der Waals surface area contributed by atoms with E-state index in [1.165, 1.54) is 17.2 Å². The van der Waals surface area contributed by atoms with Crippen LogP contribution in [0.25, 0.3) is 5.69 Å². The van der Waals surface area contributed by atoms with E-state index >= 15 is 0 Å². The Morgan fingerprint density at radius 3 is 2.31 bits per heavy atom. The Bertz CT molecular complexity index is 1050. The number of anilines is 1. The molecule has 0 aliphatic heterocycles. The Balaban J connectivity index is 1.79. The quantitative estimate of drug-likeness (QED) is 0.549. The average molecular weight is 448 g/mol. The van der Waals surface area contributed by atoms with Crippen molar-refractivity contribution in [3.05, 3.63) is 53.9 Å². The third-order valence-corrected chi connectivity index (χ3v) is 4.98. The molecule has 0 spiro atoms. The highest BCUT2D eigenvalue weighted by Gasteiger charge is 2.32. The fourth-order valence-electron chi connectivity index (χ4n) is 3.13. The largest absolute Gasteiger partial charge is 0.419 e. The summed E-state index contributed by atoms with van der Waals surface area (Å²) in [5, 5.41) is 8.17. The van der Waals surface area contributed by atoms with Crippen LogP contribution < -0.4 is 4.90 Å². The first-order chi connectivity index (χ1) is 15.1. The van der Waals surface area contributed by atoms with Crippen LogP contribution in [0.2, 0.25) is 0 Å². The fourth-order valence-corrected chi connectivity index (χ4v) is 3.13. The summed E-state index contributed by atoms with van der Waals surface area (Å²) in [4.78, 5) is 29.8. The number of aromatic nitrogens is 6. The number of hydrogen-bond donors (Lipinski definition) is 0. The second-order valence-corrected chi connectivity index (χ2v) is 7.27. The maximum atomic E-state index is 13.3. The summed E-state index contributed by atoms with van der Waals surface area (Å²) in [6.07, 6.45) is 0.590. The minimum absolute atomic E-state index is 0.132. The van der Waals surface area contributed by atoms with Gasteiger partial charge in [-0.15, -0.1) is 4.80 Å². The lowest BCUT2D eigenvalue weighted by atomic mass is 10.1. The molecular weight excluding hydrogens is 425 g/mol. The zero-order valence-electron chi connectivity index (χ0n) is 18.1. The Morgan fingerprint density at radius 2 is 1.75 bits per heavy atom. The second-order valence-electron chi connectivity index (χ2n) is 7.27. The number of alkyl halides is 3. The minimum atomic E-state index is -4.50. The van der Waals surface area contributed by atoms with Crippen LogP contribution in [0.15, 0.2) is 36.9 Å². The molecule has 170 valence electrons. The number of nitrogens with zero attached hydrogens (tertiary/aromatic N) is 8. The molecule has 0 aromatic carbocycles. The van der Waals surface area contributed by atoms with E-state index in [9.17, 15) is 18.0 Å². The van der Waals surface area contributed by atoms with Crippen molar-refractivity contribution in [1.29, 1.82) is 0 Å². The first-order valence-corrected chi connectivity index (χ1v) is 9.83. The highest BCUT2D eigenvalue weighted by molar-refractivity contribution is 5.95. The molecule has 9 nitrogen and oxygen atoms in total. The number of rotatable bonds is 7. The lowest BCUT2D eigenvalue weighted by Crippen LogP contribution is -2.44. The molecule has 1 unspecified atom stereocenters. The highest BCUT2D eigenvalue weighted by Crippen LogP contribution is 2.28. The van der Waals surface area contributed by atoms with Crippen molar-refractivity contribution in [2.45, 2.75) is 32.5 Å². The van der Waals surface area contributed by atoms with Gasteiger partial charge >= 0.3 is 6.18 Å². The summed E-state index contributed by atoms with van der Waals surface area (Å²) in [5.74, 6) is -0.193. The molecule has 0 aliphatic carbocycles. The predicted molar refractivity (Wildman–Crippen MR) is 110 cm³/mol. The van der Waals surface area contributed by atoms with Crippen LogP contribution in [0.1, 0.15) is 35.1 Å². The molecule has 3 rings (SSSR count). The molecule has 0 N–H and O–H groups in total. The standard InChI is InChI=1S/C20H23F3N8O/c1-5-15(12-29(3)19-24-10-14(11-25-19)20(21,22)23)30(4)18(32)17-16(7-6-13(2)28-17)31-26-8-9-27-31/h6-11,15H,5,12H2,1-4H3. The molecule has 0 aliphatic rings. The van der Waals surface area contributed by atoms with Gasteiger partial charge in [0.25, 0.3) is 5.91 Å². The molecule has 1 amide bonds. The third-order valence-electron chi connectivity index (χ3n) is 4.98. The first kappa shape index (κ1) is 23.1. The maximum Gasteiger partial charge on any atom is 0.419 e. The van der Waals surface area contributed by atoms with Gasteiger partial charge in [-0.25, -0.2) is 15.0 Å². The van der Waals surface area contributed by atoms with Crippen LogP contribution in [0.4, 0.5) is 19.1 Å². The molecule has 0 fully saturated rings. The van der Waals surface area contributed by atoms with E-state index in [1.807, 2.05) is 6.92 Å². The van der Waals surface area contributed by atoms with E-state index in [0.717, 1.165) is 12.4 Å². The van der Waals surface area contributed by atoms with Crippen LogP contribution in [0, 0.1) is 6.92 Å². The number of halogens is 3. The number of likely N-dealkylation sites (N-methyl/N-ethyl adjacent to an activating group) is 2. The highest BCUT2D eigenvalue weighted by atomic mass is 19.4. The minimum Gasteiger partial charge on any atom is -0.342 e. The summed E-state index contributed by atoms with van der Waals surface area (Å²) in [7, 11) is 3.32. The zero-order valence-corrected chi connectivity index (χ0v) is 18.1. The molecular formula is C20H23F3N8O. The number of carbonyl (C=O) groups is 1. The van der Waals surface area contributed by atoms with Gasteiger partial charge < -0.3 is 9.80 Å². The summed E-state index contributed by atoms with van der Waals surface area (Å²) in [5.41, 5.74) is 0.405. The van der Waals surface area contributed by atoms with Crippen molar-refractivity contribution in [2.75, 3.05) is 25.5 Å². The summed E-state index contributed by atoms with van der Waals surface area (Å²) < 4.78 is 38.2. The van der Waals surface area contributed by atoms with E-state index in [1.54, 1.807) is 43.0 Å². The van der Waals surface area contributed by atoms with E-state index in [0.29, 0.717) is 24.3 Å². The van der Waals surface area contributed by atoms with Crippen molar-refractivity contribution in [3.8, 4) is 5.69 Å². The van der Waals surface area contributed by atoms with Gasteiger partial charge in [0.05, 0.1) is 18.0 Å². The number of pyridine rings is 1. The van der Waals surface area contributed by atoms with E-state index in [-0.39, 0.29) is 23.6 Å². The van der Waals surface area contributed by atoms with Crippen molar-refractivity contribution < 1.29 is 18.0 Å². The van der Waals surface area contributed by atoms with Crippen LogP contribution in [-0.4, -0.2) is 67.4 Å². The van der Waals surface area contributed by atoms with E-state index in [4.69, 9.17) is 0 Å². The SMILES string of the molecule is CCC(CN(C)c1ncc(C(F)(F)F)cn1)N(C)C(=O)c1nc(C)ccc1-n1nccn1. The first-order valence-electron chi connectivity index (χ1n) is 9.83. The Kier molecular flexibility index (Phi) is 6.70.